The van der Waals surface area contributed by atoms with E-state index in [4.69, 9.17) is 9.97 Å². The summed E-state index contributed by atoms with van der Waals surface area (Å²) in [6.07, 6.45) is 9.92. The maximum atomic E-state index is 12.4. The molecule has 2 aliphatic rings. The number of carbonyl (C=O) groups excluding carboxylic acids is 1. The second-order valence-electron chi connectivity index (χ2n) is 8.45. The van der Waals surface area contributed by atoms with Crippen molar-refractivity contribution in [1.29, 1.82) is 0 Å². The van der Waals surface area contributed by atoms with E-state index in [0.29, 0.717) is 5.69 Å². The van der Waals surface area contributed by atoms with Gasteiger partial charge in [0.1, 0.15) is 22.2 Å². The summed E-state index contributed by atoms with van der Waals surface area (Å²) in [7, 11) is 0. The van der Waals surface area contributed by atoms with Gasteiger partial charge in [0.25, 0.3) is 5.91 Å². The quantitative estimate of drug-likeness (QED) is 0.697. The largest absolute Gasteiger partial charge is 0.356 e. The van der Waals surface area contributed by atoms with Crippen LogP contribution in [-0.2, 0) is 12.8 Å². The van der Waals surface area contributed by atoms with E-state index in [1.54, 1.807) is 12.4 Å². The van der Waals surface area contributed by atoms with E-state index >= 15 is 0 Å². The standard InChI is InChI=1S/C22H26N6OS/c1-13-3-4-16-18(11-13)30-22-19(16)20(25-14(2)26-22)28-9-5-15(6-10-28)27-21(29)17-12-23-7-8-24-17/h7-8,12-13,15H,3-6,9-11H2,1-2H3,(H,27,29). The molecule has 1 amide bonds. The fourth-order valence-electron chi connectivity index (χ4n) is 4.57. The second-order valence-corrected chi connectivity index (χ2v) is 9.54. The van der Waals surface area contributed by atoms with Crippen LogP contribution in [0.4, 0.5) is 5.82 Å². The van der Waals surface area contributed by atoms with Gasteiger partial charge in [-0.3, -0.25) is 9.78 Å². The Morgan fingerprint density at radius 2 is 2.03 bits per heavy atom. The molecular formula is C22H26N6OS. The van der Waals surface area contributed by atoms with Gasteiger partial charge in [-0.2, -0.15) is 0 Å². The number of anilines is 1. The predicted molar refractivity (Wildman–Crippen MR) is 118 cm³/mol. The minimum atomic E-state index is -0.150. The van der Waals surface area contributed by atoms with E-state index in [9.17, 15) is 4.79 Å². The molecule has 0 bridgehead atoms. The zero-order valence-corrected chi connectivity index (χ0v) is 18.2. The molecule has 0 radical (unpaired) electrons. The normalized spacial score (nSPS) is 19.7. The minimum Gasteiger partial charge on any atom is -0.356 e. The fraction of sp³-hybridized carbons (Fsp3) is 0.500. The third kappa shape index (κ3) is 3.64. The Bertz CT molecular complexity index is 1070. The smallest absolute Gasteiger partial charge is 0.271 e. The van der Waals surface area contributed by atoms with Crippen LogP contribution in [0.3, 0.4) is 0 Å². The third-order valence-electron chi connectivity index (χ3n) is 6.17. The number of amides is 1. The molecule has 8 heteroatoms. The lowest BCUT2D eigenvalue weighted by atomic mass is 9.89. The van der Waals surface area contributed by atoms with E-state index in [0.717, 1.165) is 61.2 Å². The van der Waals surface area contributed by atoms with Crippen molar-refractivity contribution in [3.8, 4) is 0 Å². The van der Waals surface area contributed by atoms with Crippen LogP contribution >= 0.6 is 11.3 Å². The van der Waals surface area contributed by atoms with E-state index < -0.39 is 0 Å². The highest BCUT2D eigenvalue weighted by Crippen LogP contribution is 2.41. The molecule has 3 aromatic heterocycles. The molecule has 0 spiro atoms. The van der Waals surface area contributed by atoms with Gasteiger partial charge in [-0.25, -0.2) is 15.0 Å². The second kappa shape index (κ2) is 7.91. The molecule has 0 saturated carbocycles. The molecule has 156 valence electrons. The Morgan fingerprint density at radius 1 is 1.20 bits per heavy atom. The summed E-state index contributed by atoms with van der Waals surface area (Å²) >= 11 is 1.85. The van der Waals surface area contributed by atoms with Crippen LogP contribution in [0.2, 0.25) is 0 Å². The maximum Gasteiger partial charge on any atom is 0.271 e. The molecule has 3 aromatic rings. The Balaban J connectivity index is 1.34. The number of thiophene rings is 1. The van der Waals surface area contributed by atoms with Crippen LogP contribution in [0, 0.1) is 12.8 Å². The van der Waals surface area contributed by atoms with Crippen molar-refractivity contribution in [2.24, 2.45) is 5.92 Å². The molecule has 1 fully saturated rings. The highest BCUT2D eigenvalue weighted by Gasteiger charge is 2.28. The first-order valence-corrected chi connectivity index (χ1v) is 11.5. The van der Waals surface area contributed by atoms with Crippen LogP contribution in [0.15, 0.2) is 18.6 Å². The Labute approximate surface area is 180 Å². The highest BCUT2D eigenvalue weighted by atomic mass is 32.1. The molecule has 1 unspecified atom stereocenters. The van der Waals surface area contributed by atoms with Crippen molar-refractivity contribution in [3.05, 3.63) is 40.5 Å². The van der Waals surface area contributed by atoms with Gasteiger partial charge in [-0.1, -0.05) is 6.92 Å². The molecule has 1 atom stereocenters. The fourth-order valence-corrected chi connectivity index (χ4v) is 5.99. The summed E-state index contributed by atoms with van der Waals surface area (Å²) in [5, 5.41) is 4.38. The number of fused-ring (bicyclic) bond motifs is 3. The van der Waals surface area contributed by atoms with Gasteiger partial charge >= 0.3 is 0 Å². The van der Waals surface area contributed by atoms with Gasteiger partial charge in [-0.05, 0) is 50.5 Å². The number of nitrogens with one attached hydrogen (secondary N) is 1. The van der Waals surface area contributed by atoms with Gasteiger partial charge < -0.3 is 10.2 Å². The maximum absolute atomic E-state index is 12.4. The van der Waals surface area contributed by atoms with Crippen molar-refractivity contribution in [2.45, 2.75) is 52.0 Å². The molecule has 5 rings (SSSR count). The first kappa shape index (κ1) is 19.4. The number of hydrogen-bond donors (Lipinski definition) is 1. The topological polar surface area (TPSA) is 83.9 Å². The summed E-state index contributed by atoms with van der Waals surface area (Å²) in [5.74, 6) is 2.52. The SMILES string of the molecule is Cc1nc(N2CCC(NC(=O)c3cnccn3)CC2)c2c3c(sc2n1)CC(C)CC3. The minimum absolute atomic E-state index is 0.145. The Hall–Kier alpha value is -2.61. The molecule has 0 aromatic carbocycles. The predicted octanol–water partition coefficient (Wildman–Crippen LogP) is 3.31. The number of piperidine rings is 1. The molecule has 1 aliphatic carbocycles. The summed E-state index contributed by atoms with van der Waals surface area (Å²) < 4.78 is 0. The van der Waals surface area contributed by atoms with Gasteiger partial charge in [0, 0.05) is 36.4 Å². The summed E-state index contributed by atoms with van der Waals surface area (Å²) in [5.41, 5.74) is 1.84. The molecule has 1 saturated heterocycles. The summed E-state index contributed by atoms with van der Waals surface area (Å²) in [4.78, 5) is 35.1. The number of rotatable bonds is 3. The third-order valence-corrected chi connectivity index (χ3v) is 7.32. The van der Waals surface area contributed by atoms with Crippen LogP contribution in [0.1, 0.15) is 52.9 Å². The van der Waals surface area contributed by atoms with Gasteiger partial charge in [0.2, 0.25) is 0 Å². The highest BCUT2D eigenvalue weighted by molar-refractivity contribution is 7.19. The lowest BCUT2D eigenvalue weighted by Gasteiger charge is -2.33. The summed E-state index contributed by atoms with van der Waals surface area (Å²) in [6.45, 7) is 6.07. The molecule has 7 nitrogen and oxygen atoms in total. The first-order valence-electron chi connectivity index (χ1n) is 10.7. The number of aryl methyl sites for hydroxylation is 2. The molecule has 30 heavy (non-hydrogen) atoms. The van der Waals surface area contributed by atoms with Crippen LogP contribution in [-0.4, -0.2) is 45.0 Å². The molecule has 1 N–H and O–H groups in total. The van der Waals surface area contributed by atoms with Crippen molar-refractivity contribution in [2.75, 3.05) is 18.0 Å². The lowest BCUT2D eigenvalue weighted by molar-refractivity contribution is 0.0925. The number of nitrogens with zero attached hydrogens (tertiary/aromatic N) is 5. The Morgan fingerprint density at radius 3 is 2.80 bits per heavy atom. The lowest BCUT2D eigenvalue weighted by Crippen LogP contribution is -2.45. The Kier molecular flexibility index (Phi) is 5.10. The van der Waals surface area contributed by atoms with Crippen molar-refractivity contribution in [1.82, 2.24) is 25.3 Å². The van der Waals surface area contributed by atoms with Crippen molar-refractivity contribution >= 4 is 33.3 Å². The zero-order valence-electron chi connectivity index (χ0n) is 17.4. The van der Waals surface area contributed by atoms with Crippen molar-refractivity contribution < 1.29 is 4.79 Å². The molecule has 4 heterocycles. The first-order chi connectivity index (χ1) is 14.6. The monoisotopic (exact) mass is 422 g/mol. The van der Waals surface area contributed by atoms with Crippen LogP contribution < -0.4 is 10.2 Å². The van der Waals surface area contributed by atoms with Crippen LogP contribution in [0.25, 0.3) is 10.2 Å². The van der Waals surface area contributed by atoms with E-state index in [-0.39, 0.29) is 11.9 Å². The van der Waals surface area contributed by atoms with E-state index in [1.165, 1.54) is 28.4 Å². The summed E-state index contributed by atoms with van der Waals surface area (Å²) in [6, 6.07) is 0.145. The van der Waals surface area contributed by atoms with Crippen LogP contribution in [0.5, 0.6) is 0 Å². The average Bonchev–Trinajstić information content (AvgIpc) is 3.11. The number of aromatic nitrogens is 4. The van der Waals surface area contributed by atoms with E-state index in [2.05, 4.69) is 27.1 Å². The molecular weight excluding hydrogens is 396 g/mol. The number of carbonyl (C=O) groups is 1. The molecule has 1 aliphatic heterocycles. The zero-order chi connectivity index (χ0) is 20.7. The van der Waals surface area contributed by atoms with Crippen molar-refractivity contribution in [3.63, 3.8) is 0 Å². The van der Waals surface area contributed by atoms with E-state index in [1.807, 2.05) is 18.3 Å². The van der Waals surface area contributed by atoms with Gasteiger partial charge in [0.05, 0.1) is 11.6 Å². The average molecular weight is 423 g/mol. The van der Waals surface area contributed by atoms with Gasteiger partial charge in [0.15, 0.2) is 0 Å². The van der Waals surface area contributed by atoms with Gasteiger partial charge in [-0.15, -0.1) is 11.3 Å². The number of hydrogen-bond acceptors (Lipinski definition) is 7.